The van der Waals surface area contributed by atoms with Crippen molar-refractivity contribution >= 4 is 29.0 Å². The first-order valence-corrected chi connectivity index (χ1v) is 7.79. The fourth-order valence-corrected chi connectivity index (χ4v) is 3.38. The maximum atomic E-state index is 11.8. The Hall–Kier alpha value is -0.590. The fourth-order valence-electron chi connectivity index (χ4n) is 1.67. The van der Waals surface area contributed by atoms with Crippen molar-refractivity contribution in [1.29, 1.82) is 0 Å². The summed E-state index contributed by atoms with van der Waals surface area (Å²) in [6.07, 6.45) is 0.824. The number of carbonyl (C=O) groups is 1. The standard InChI is InChI=1S/C11H17N3OS2/c1-8-6-17-10(14-8)2-3-13-11(15)9-7-16-5-4-12-9/h6,9,12H,2-5,7H2,1H3,(H,13,15). The molecule has 2 rings (SSSR count). The molecule has 0 aliphatic carbocycles. The number of thiazole rings is 1. The Kier molecular flexibility index (Phi) is 4.82. The number of nitrogens with one attached hydrogen (secondary N) is 2. The van der Waals surface area contributed by atoms with E-state index < -0.39 is 0 Å². The first kappa shape index (κ1) is 12.9. The zero-order chi connectivity index (χ0) is 12.1. The summed E-state index contributed by atoms with van der Waals surface area (Å²) in [6.45, 7) is 3.59. The summed E-state index contributed by atoms with van der Waals surface area (Å²) in [6, 6.07) is -0.0215. The molecule has 6 heteroatoms. The number of aromatic nitrogens is 1. The predicted octanol–water partition coefficient (Wildman–Crippen LogP) is 0.815. The molecule has 1 aromatic rings. The highest BCUT2D eigenvalue weighted by Crippen LogP contribution is 2.09. The second-order valence-corrected chi connectivity index (χ2v) is 6.10. The SMILES string of the molecule is Cc1csc(CCNC(=O)C2CSCCN2)n1. The lowest BCUT2D eigenvalue weighted by Gasteiger charge is -2.22. The first-order chi connectivity index (χ1) is 8.25. The van der Waals surface area contributed by atoms with Gasteiger partial charge >= 0.3 is 0 Å². The molecule has 1 atom stereocenters. The van der Waals surface area contributed by atoms with Gasteiger partial charge in [-0.15, -0.1) is 11.3 Å². The molecule has 2 heterocycles. The van der Waals surface area contributed by atoms with Crippen LogP contribution in [0.2, 0.25) is 0 Å². The summed E-state index contributed by atoms with van der Waals surface area (Å²) < 4.78 is 0. The van der Waals surface area contributed by atoms with Crippen LogP contribution in [0.15, 0.2) is 5.38 Å². The average molecular weight is 271 g/mol. The molecule has 0 radical (unpaired) electrons. The Balaban J connectivity index is 1.69. The highest BCUT2D eigenvalue weighted by molar-refractivity contribution is 7.99. The van der Waals surface area contributed by atoms with Gasteiger partial charge in [0.1, 0.15) is 0 Å². The van der Waals surface area contributed by atoms with Crippen LogP contribution in [0.25, 0.3) is 0 Å². The van der Waals surface area contributed by atoms with Crippen molar-refractivity contribution in [2.24, 2.45) is 0 Å². The maximum absolute atomic E-state index is 11.8. The second kappa shape index (κ2) is 6.37. The van der Waals surface area contributed by atoms with Crippen LogP contribution in [0, 0.1) is 6.92 Å². The second-order valence-electron chi connectivity index (χ2n) is 4.01. The molecule has 1 aromatic heterocycles. The molecule has 1 unspecified atom stereocenters. The normalized spacial score (nSPS) is 20.2. The first-order valence-electron chi connectivity index (χ1n) is 5.75. The van der Waals surface area contributed by atoms with E-state index in [1.807, 2.05) is 24.1 Å². The predicted molar refractivity (Wildman–Crippen MR) is 72.7 cm³/mol. The Morgan fingerprint density at radius 3 is 3.24 bits per heavy atom. The quantitative estimate of drug-likeness (QED) is 0.851. The van der Waals surface area contributed by atoms with Gasteiger partial charge in [0.25, 0.3) is 0 Å². The van der Waals surface area contributed by atoms with Crippen molar-refractivity contribution in [3.63, 3.8) is 0 Å². The number of hydrogen-bond acceptors (Lipinski definition) is 5. The Bertz CT molecular complexity index is 375. The van der Waals surface area contributed by atoms with E-state index in [-0.39, 0.29) is 11.9 Å². The number of carbonyl (C=O) groups excluding carboxylic acids is 1. The summed E-state index contributed by atoms with van der Waals surface area (Å²) in [5.74, 6) is 2.09. The van der Waals surface area contributed by atoms with E-state index in [1.54, 1.807) is 11.3 Å². The number of aryl methyl sites for hydroxylation is 1. The van der Waals surface area contributed by atoms with Crippen molar-refractivity contribution < 1.29 is 4.79 Å². The molecule has 1 saturated heterocycles. The van der Waals surface area contributed by atoms with E-state index >= 15 is 0 Å². The van der Waals surface area contributed by atoms with Crippen molar-refractivity contribution in [2.45, 2.75) is 19.4 Å². The molecular weight excluding hydrogens is 254 g/mol. The molecule has 0 aromatic carbocycles. The van der Waals surface area contributed by atoms with Gasteiger partial charge in [-0.2, -0.15) is 11.8 Å². The lowest BCUT2D eigenvalue weighted by molar-refractivity contribution is -0.122. The highest BCUT2D eigenvalue weighted by Gasteiger charge is 2.20. The summed E-state index contributed by atoms with van der Waals surface area (Å²) in [4.78, 5) is 16.2. The molecule has 17 heavy (non-hydrogen) atoms. The van der Waals surface area contributed by atoms with Gasteiger partial charge in [0, 0.05) is 42.1 Å². The van der Waals surface area contributed by atoms with E-state index in [0.717, 1.165) is 35.2 Å². The average Bonchev–Trinajstić information content (AvgIpc) is 2.76. The zero-order valence-corrected chi connectivity index (χ0v) is 11.5. The van der Waals surface area contributed by atoms with Gasteiger partial charge in [0.05, 0.1) is 11.0 Å². The monoisotopic (exact) mass is 271 g/mol. The molecule has 1 fully saturated rings. The van der Waals surface area contributed by atoms with Gasteiger partial charge in [-0.25, -0.2) is 4.98 Å². The minimum absolute atomic E-state index is 0.0215. The number of rotatable bonds is 4. The minimum Gasteiger partial charge on any atom is -0.354 e. The van der Waals surface area contributed by atoms with Gasteiger partial charge in [0.2, 0.25) is 5.91 Å². The van der Waals surface area contributed by atoms with E-state index in [0.29, 0.717) is 6.54 Å². The molecule has 1 aliphatic heterocycles. The number of nitrogens with zero attached hydrogens (tertiary/aromatic N) is 1. The molecule has 1 amide bonds. The van der Waals surface area contributed by atoms with Crippen LogP contribution in [-0.4, -0.2) is 41.5 Å². The third kappa shape index (κ3) is 3.97. The number of thioether (sulfide) groups is 1. The molecule has 94 valence electrons. The molecule has 0 saturated carbocycles. The van der Waals surface area contributed by atoms with E-state index in [2.05, 4.69) is 15.6 Å². The topological polar surface area (TPSA) is 54.0 Å². The van der Waals surface area contributed by atoms with Crippen molar-refractivity contribution in [2.75, 3.05) is 24.6 Å². The molecule has 2 N–H and O–H groups in total. The number of amides is 1. The van der Waals surface area contributed by atoms with Crippen LogP contribution in [0.4, 0.5) is 0 Å². The molecule has 0 spiro atoms. The number of hydrogen-bond donors (Lipinski definition) is 2. The third-order valence-corrected chi connectivity index (χ3v) is 4.63. The lowest BCUT2D eigenvalue weighted by Crippen LogP contribution is -2.49. The molecular formula is C11H17N3OS2. The fraction of sp³-hybridized carbons (Fsp3) is 0.636. The summed E-state index contributed by atoms with van der Waals surface area (Å²) in [5, 5.41) is 9.32. The minimum atomic E-state index is -0.0215. The van der Waals surface area contributed by atoms with Crippen molar-refractivity contribution in [3.05, 3.63) is 16.1 Å². The Morgan fingerprint density at radius 2 is 2.59 bits per heavy atom. The van der Waals surface area contributed by atoms with Crippen molar-refractivity contribution in [1.82, 2.24) is 15.6 Å². The largest absolute Gasteiger partial charge is 0.354 e. The lowest BCUT2D eigenvalue weighted by atomic mass is 10.3. The molecule has 0 bridgehead atoms. The summed E-state index contributed by atoms with van der Waals surface area (Å²) >= 11 is 3.49. The van der Waals surface area contributed by atoms with Crippen LogP contribution in [-0.2, 0) is 11.2 Å². The van der Waals surface area contributed by atoms with Gasteiger partial charge < -0.3 is 10.6 Å². The Morgan fingerprint density at radius 1 is 1.71 bits per heavy atom. The van der Waals surface area contributed by atoms with Gasteiger partial charge in [-0.1, -0.05) is 0 Å². The van der Waals surface area contributed by atoms with Crippen LogP contribution >= 0.6 is 23.1 Å². The summed E-state index contributed by atoms with van der Waals surface area (Å²) in [7, 11) is 0. The molecule has 1 aliphatic rings. The maximum Gasteiger partial charge on any atom is 0.238 e. The van der Waals surface area contributed by atoms with Crippen LogP contribution in [0.1, 0.15) is 10.7 Å². The smallest absolute Gasteiger partial charge is 0.238 e. The van der Waals surface area contributed by atoms with E-state index in [4.69, 9.17) is 0 Å². The van der Waals surface area contributed by atoms with Crippen molar-refractivity contribution in [3.8, 4) is 0 Å². The van der Waals surface area contributed by atoms with Gasteiger partial charge in [0.15, 0.2) is 0 Å². The van der Waals surface area contributed by atoms with Gasteiger partial charge in [-0.3, -0.25) is 4.79 Å². The molecule has 4 nitrogen and oxygen atoms in total. The van der Waals surface area contributed by atoms with E-state index in [9.17, 15) is 4.79 Å². The van der Waals surface area contributed by atoms with E-state index in [1.165, 1.54) is 0 Å². The van der Waals surface area contributed by atoms with Crippen LogP contribution in [0.5, 0.6) is 0 Å². The zero-order valence-electron chi connectivity index (χ0n) is 9.86. The van der Waals surface area contributed by atoms with Crippen LogP contribution in [0.3, 0.4) is 0 Å². The summed E-state index contributed by atoms with van der Waals surface area (Å²) in [5.41, 5.74) is 1.06. The highest BCUT2D eigenvalue weighted by atomic mass is 32.2. The van der Waals surface area contributed by atoms with Gasteiger partial charge in [-0.05, 0) is 6.92 Å². The third-order valence-electron chi connectivity index (χ3n) is 2.54. The van der Waals surface area contributed by atoms with Crippen LogP contribution < -0.4 is 10.6 Å². The Labute approximate surface area is 110 Å².